The molecule has 0 unspecified atom stereocenters. The lowest BCUT2D eigenvalue weighted by Crippen LogP contribution is -2.11. The Kier molecular flexibility index (Phi) is 4.21. The fraction of sp³-hybridized carbons (Fsp3) is 0. The quantitative estimate of drug-likeness (QED) is 0.732. The van der Waals surface area contributed by atoms with Gasteiger partial charge in [-0.05, 0) is 12.1 Å². The van der Waals surface area contributed by atoms with Gasteiger partial charge in [0.25, 0.3) is 5.91 Å². The second-order valence-electron chi connectivity index (χ2n) is 3.99. The zero-order valence-electron chi connectivity index (χ0n) is 10.3. The summed E-state index contributed by atoms with van der Waals surface area (Å²) in [5, 5.41) is 7.71. The molecule has 1 aromatic carbocycles. The second kappa shape index (κ2) is 6.11. The molecule has 4 nitrogen and oxygen atoms in total. The maximum atomic E-state index is 11.9. The van der Waals surface area contributed by atoms with E-state index in [2.05, 4.69) is 15.3 Å². The lowest BCUT2D eigenvalue weighted by Gasteiger charge is -2.00. The van der Waals surface area contributed by atoms with Gasteiger partial charge >= 0.3 is 0 Å². The van der Waals surface area contributed by atoms with E-state index in [1.165, 1.54) is 22.7 Å². The summed E-state index contributed by atoms with van der Waals surface area (Å²) in [7, 11) is 0. The van der Waals surface area contributed by atoms with E-state index >= 15 is 0 Å². The highest BCUT2D eigenvalue weighted by molar-refractivity contribution is 7.14. The Labute approximate surface area is 138 Å². The van der Waals surface area contributed by atoms with E-state index < -0.39 is 0 Å². The van der Waals surface area contributed by atoms with Crippen LogP contribution in [0.1, 0.15) is 10.5 Å². The van der Waals surface area contributed by atoms with Crippen molar-refractivity contribution in [3.05, 3.63) is 50.2 Å². The summed E-state index contributed by atoms with van der Waals surface area (Å²) in [6.45, 7) is 0. The van der Waals surface area contributed by atoms with E-state index in [0.717, 1.165) is 11.3 Å². The van der Waals surface area contributed by atoms with Gasteiger partial charge in [0.1, 0.15) is 5.69 Å². The molecule has 0 saturated carbocycles. The number of hydrogen-bond acceptors (Lipinski definition) is 5. The molecule has 0 bridgehead atoms. The summed E-state index contributed by atoms with van der Waals surface area (Å²) in [6, 6.07) is 5.28. The van der Waals surface area contributed by atoms with E-state index in [1.807, 2.05) is 11.4 Å². The van der Waals surface area contributed by atoms with Gasteiger partial charge in [0.15, 0.2) is 5.13 Å². The van der Waals surface area contributed by atoms with Gasteiger partial charge in [-0.15, -0.1) is 22.7 Å². The van der Waals surface area contributed by atoms with E-state index in [1.54, 1.807) is 23.0 Å². The highest BCUT2D eigenvalue weighted by Gasteiger charge is 2.12. The van der Waals surface area contributed by atoms with Crippen LogP contribution in [0.15, 0.2) is 34.5 Å². The fourth-order valence-electron chi connectivity index (χ4n) is 1.61. The molecule has 0 aliphatic carbocycles. The molecule has 1 N–H and O–H groups in total. The minimum atomic E-state index is -0.272. The van der Waals surface area contributed by atoms with Gasteiger partial charge in [-0.2, -0.15) is 0 Å². The summed E-state index contributed by atoms with van der Waals surface area (Å²) < 4.78 is 0. The van der Waals surface area contributed by atoms with Crippen molar-refractivity contribution >= 4 is 56.9 Å². The van der Waals surface area contributed by atoms with Crippen LogP contribution in [0.3, 0.4) is 0 Å². The van der Waals surface area contributed by atoms with Crippen molar-refractivity contribution < 1.29 is 4.79 Å². The average molecular weight is 356 g/mol. The molecule has 0 saturated heterocycles. The average Bonchev–Trinajstić information content (AvgIpc) is 3.12. The Morgan fingerprint density at radius 3 is 2.76 bits per heavy atom. The first kappa shape index (κ1) is 14.5. The predicted molar refractivity (Wildman–Crippen MR) is 87.6 cm³/mol. The first-order valence-electron chi connectivity index (χ1n) is 5.74. The monoisotopic (exact) mass is 355 g/mol. The molecule has 3 aromatic rings. The van der Waals surface area contributed by atoms with Crippen LogP contribution in [-0.2, 0) is 0 Å². The summed E-state index contributed by atoms with van der Waals surface area (Å²) >= 11 is 14.6. The van der Waals surface area contributed by atoms with Crippen molar-refractivity contribution in [1.29, 1.82) is 0 Å². The van der Waals surface area contributed by atoms with Gasteiger partial charge in [0.05, 0.1) is 21.2 Å². The Bertz CT molecular complexity index is 787. The van der Waals surface area contributed by atoms with Gasteiger partial charge < -0.3 is 0 Å². The molecular formula is C13H7Cl2N3OS2. The van der Waals surface area contributed by atoms with E-state index in [0.29, 0.717) is 20.9 Å². The van der Waals surface area contributed by atoms with E-state index in [9.17, 15) is 4.79 Å². The predicted octanol–water partition coefficient (Wildman–Crippen LogP) is 4.83. The fourth-order valence-corrected chi connectivity index (χ4v) is 3.15. The molecule has 21 heavy (non-hydrogen) atoms. The third-order valence-corrected chi connectivity index (χ3v) is 4.69. The number of hydrogen-bond donors (Lipinski definition) is 1. The number of carbonyl (C=O) groups is 1. The van der Waals surface area contributed by atoms with Crippen LogP contribution in [0, 0.1) is 0 Å². The van der Waals surface area contributed by atoms with Gasteiger partial charge in [0, 0.05) is 16.3 Å². The van der Waals surface area contributed by atoms with Crippen molar-refractivity contribution in [2.24, 2.45) is 0 Å². The maximum Gasteiger partial charge on any atom is 0.276 e. The van der Waals surface area contributed by atoms with Gasteiger partial charge in [-0.3, -0.25) is 10.1 Å². The van der Waals surface area contributed by atoms with Crippen molar-refractivity contribution in [2.75, 3.05) is 5.32 Å². The molecule has 2 aromatic heterocycles. The number of nitrogens with one attached hydrogen (secondary N) is 1. The Morgan fingerprint density at radius 1 is 1.19 bits per heavy atom. The topological polar surface area (TPSA) is 54.9 Å². The van der Waals surface area contributed by atoms with Crippen molar-refractivity contribution in [3.8, 4) is 11.3 Å². The van der Waals surface area contributed by atoms with Crippen LogP contribution in [-0.4, -0.2) is 15.9 Å². The maximum absolute atomic E-state index is 11.9. The normalized spacial score (nSPS) is 10.6. The van der Waals surface area contributed by atoms with Gasteiger partial charge in [-0.25, -0.2) is 9.97 Å². The lowest BCUT2D eigenvalue weighted by atomic mass is 10.2. The minimum absolute atomic E-state index is 0.272. The standard InChI is InChI=1S/C13H7Cl2N3OS2/c14-8-2-1-7(3-9(8)15)10-5-21-13(17-10)18-12(19)11-4-20-6-16-11/h1-6H,(H,17,18,19). The number of thiazole rings is 2. The van der Waals surface area contributed by atoms with Crippen LogP contribution in [0.4, 0.5) is 5.13 Å². The molecule has 0 aliphatic heterocycles. The highest BCUT2D eigenvalue weighted by atomic mass is 35.5. The summed E-state index contributed by atoms with van der Waals surface area (Å²) in [5.74, 6) is -0.272. The Morgan fingerprint density at radius 2 is 2.05 bits per heavy atom. The van der Waals surface area contributed by atoms with Crippen molar-refractivity contribution in [1.82, 2.24) is 9.97 Å². The third-order valence-electron chi connectivity index (χ3n) is 2.60. The van der Waals surface area contributed by atoms with E-state index in [-0.39, 0.29) is 5.91 Å². The molecule has 1 amide bonds. The minimum Gasteiger partial charge on any atom is -0.296 e. The largest absolute Gasteiger partial charge is 0.296 e. The molecule has 0 fully saturated rings. The smallest absolute Gasteiger partial charge is 0.276 e. The van der Waals surface area contributed by atoms with Crippen LogP contribution >= 0.6 is 45.9 Å². The number of rotatable bonds is 3. The number of aromatic nitrogens is 2. The number of nitrogens with zero attached hydrogens (tertiary/aromatic N) is 2. The van der Waals surface area contributed by atoms with Crippen LogP contribution < -0.4 is 5.32 Å². The Balaban J connectivity index is 1.80. The molecule has 0 radical (unpaired) electrons. The molecule has 3 rings (SSSR count). The van der Waals surface area contributed by atoms with Crippen LogP contribution in [0.5, 0.6) is 0 Å². The number of amides is 1. The summed E-state index contributed by atoms with van der Waals surface area (Å²) in [5.41, 5.74) is 3.56. The summed E-state index contributed by atoms with van der Waals surface area (Å²) in [6.07, 6.45) is 0. The molecule has 8 heteroatoms. The van der Waals surface area contributed by atoms with E-state index in [4.69, 9.17) is 23.2 Å². The SMILES string of the molecule is O=C(Nc1nc(-c2ccc(Cl)c(Cl)c2)cs1)c1cscn1. The first-order valence-corrected chi connectivity index (χ1v) is 8.32. The molecule has 2 heterocycles. The highest BCUT2D eigenvalue weighted by Crippen LogP contribution is 2.30. The number of benzene rings is 1. The molecular weight excluding hydrogens is 349 g/mol. The zero-order valence-corrected chi connectivity index (χ0v) is 13.5. The number of anilines is 1. The molecule has 106 valence electrons. The molecule has 0 spiro atoms. The zero-order chi connectivity index (χ0) is 14.8. The van der Waals surface area contributed by atoms with Gasteiger partial charge in [0.2, 0.25) is 0 Å². The third kappa shape index (κ3) is 3.24. The van der Waals surface area contributed by atoms with Crippen molar-refractivity contribution in [3.63, 3.8) is 0 Å². The van der Waals surface area contributed by atoms with Crippen molar-refractivity contribution in [2.45, 2.75) is 0 Å². The number of halogens is 2. The first-order chi connectivity index (χ1) is 10.1. The Hall–Kier alpha value is -1.47. The second-order valence-corrected chi connectivity index (χ2v) is 6.39. The molecule has 0 atom stereocenters. The molecule has 0 aliphatic rings. The number of carbonyl (C=O) groups excluding carboxylic acids is 1. The van der Waals surface area contributed by atoms with Crippen LogP contribution in [0.2, 0.25) is 10.0 Å². The summed E-state index contributed by atoms with van der Waals surface area (Å²) in [4.78, 5) is 20.2. The van der Waals surface area contributed by atoms with Gasteiger partial charge in [-0.1, -0.05) is 29.3 Å². The van der Waals surface area contributed by atoms with Crippen LogP contribution in [0.25, 0.3) is 11.3 Å². The lowest BCUT2D eigenvalue weighted by molar-refractivity contribution is 0.102.